The van der Waals surface area contributed by atoms with Gasteiger partial charge in [0.25, 0.3) is 0 Å². The number of benzene rings is 2. The lowest BCUT2D eigenvalue weighted by Gasteiger charge is -2.21. The highest BCUT2D eigenvalue weighted by atomic mass is 127. The second-order valence-electron chi connectivity index (χ2n) is 4.89. The molecule has 78 valence electrons. The van der Waals surface area contributed by atoms with Gasteiger partial charge in [-0.2, -0.15) is 0 Å². The Kier molecular flexibility index (Phi) is 2.90. The Hall–Kier alpha value is -0.353. The lowest BCUT2D eigenvalue weighted by atomic mass is 10.1. The summed E-state index contributed by atoms with van der Waals surface area (Å²) in [6.07, 6.45) is 0. The van der Waals surface area contributed by atoms with Gasteiger partial charge in [-0.1, -0.05) is 50.0 Å². The number of hydrogen-bond donors (Lipinski definition) is 0. The van der Waals surface area contributed by atoms with E-state index in [1.807, 2.05) is 0 Å². The summed E-state index contributed by atoms with van der Waals surface area (Å²) >= 11 is 2.47. The van der Waals surface area contributed by atoms with Gasteiger partial charge in [-0.15, -0.1) is 0 Å². The third kappa shape index (κ3) is 2.11. The SMILES string of the molecule is C[Si](C)(C)c1c(I)ccc2ccccc12. The Morgan fingerprint density at radius 2 is 1.60 bits per heavy atom. The standard InChI is InChI=1S/C13H15ISi/c1-15(2,3)13-11-7-5-4-6-10(11)8-9-12(13)14/h4-9H,1-3H3. The van der Waals surface area contributed by atoms with Gasteiger partial charge in [0.15, 0.2) is 0 Å². The van der Waals surface area contributed by atoms with Crippen LogP contribution in [0.15, 0.2) is 36.4 Å². The third-order valence-corrected chi connectivity index (χ3v) is 6.07. The zero-order valence-electron chi connectivity index (χ0n) is 9.34. The predicted octanol–water partition coefficient (Wildman–Crippen LogP) is 3.99. The molecule has 0 bridgehead atoms. The minimum Gasteiger partial charge on any atom is -0.0656 e. The van der Waals surface area contributed by atoms with Gasteiger partial charge in [-0.25, -0.2) is 0 Å². The zero-order valence-corrected chi connectivity index (χ0v) is 12.5. The predicted molar refractivity (Wildman–Crippen MR) is 79.6 cm³/mol. The molecule has 0 amide bonds. The summed E-state index contributed by atoms with van der Waals surface area (Å²) in [4.78, 5) is 0. The third-order valence-electron chi connectivity index (χ3n) is 2.63. The first-order valence-electron chi connectivity index (χ1n) is 5.18. The Morgan fingerprint density at radius 1 is 0.933 bits per heavy atom. The first-order valence-corrected chi connectivity index (χ1v) is 9.76. The Bertz CT molecular complexity index is 497. The van der Waals surface area contributed by atoms with Crippen molar-refractivity contribution >= 4 is 46.6 Å². The van der Waals surface area contributed by atoms with Gasteiger partial charge in [0.05, 0.1) is 8.07 Å². The molecule has 0 heterocycles. The molecule has 0 aromatic heterocycles. The molecule has 2 heteroatoms. The summed E-state index contributed by atoms with van der Waals surface area (Å²) in [6.45, 7) is 7.24. The second-order valence-corrected chi connectivity index (χ2v) is 11.1. The van der Waals surface area contributed by atoms with Crippen molar-refractivity contribution < 1.29 is 0 Å². The molecule has 0 nitrogen and oxygen atoms in total. The summed E-state index contributed by atoms with van der Waals surface area (Å²) in [5.41, 5.74) is 0. The quantitative estimate of drug-likeness (QED) is 0.549. The summed E-state index contributed by atoms with van der Waals surface area (Å²) < 4.78 is 1.42. The molecule has 0 saturated heterocycles. The number of fused-ring (bicyclic) bond motifs is 1. The van der Waals surface area contributed by atoms with E-state index >= 15 is 0 Å². The maximum atomic E-state index is 2.47. The maximum absolute atomic E-state index is 2.47. The van der Waals surface area contributed by atoms with E-state index in [9.17, 15) is 0 Å². The molecule has 2 aromatic carbocycles. The summed E-state index contributed by atoms with van der Waals surface area (Å²) in [5.74, 6) is 0. The second kappa shape index (κ2) is 3.90. The lowest BCUT2D eigenvalue weighted by Crippen LogP contribution is -2.40. The molecular weight excluding hydrogens is 311 g/mol. The molecular formula is C13H15ISi. The molecule has 2 rings (SSSR count). The molecule has 0 atom stereocenters. The van der Waals surface area contributed by atoms with Gasteiger partial charge in [0.2, 0.25) is 0 Å². The molecule has 0 radical (unpaired) electrons. The molecule has 2 aromatic rings. The fourth-order valence-corrected chi connectivity index (χ4v) is 6.74. The van der Waals surface area contributed by atoms with Crippen LogP contribution in [-0.4, -0.2) is 8.07 Å². The van der Waals surface area contributed by atoms with Crippen LogP contribution in [0, 0.1) is 3.57 Å². The minimum atomic E-state index is -1.25. The van der Waals surface area contributed by atoms with Crippen LogP contribution in [0.1, 0.15) is 0 Å². The normalized spacial score (nSPS) is 12.0. The van der Waals surface area contributed by atoms with Gasteiger partial charge in [-0.3, -0.25) is 0 Å². The van der Waals surface area contributed by atoms with Crippen molar-refractivity contribution in [1.29, 1.82) is 0 Å². The topological polar surface area (TPSA) is 0 Å². The van der Waals surface area contributed by atoms with E-state index in [1.165, 1.54) is 14.3 Å². The van der Waals surface area contributed by atoms with Crippen LogP contribution in [0.2, 0.25) is 19.6 Å². The summed E-state index contributed by atoms with van der Waals surface area (Å²) in [6, 6.07) is 13.2. The van der Waals surface area contributed by atoms with E-state index in [1.54, 1.807) is 5.19 Å². The van der Waals surface area contributed by atoms with Crippen LogP contribution < -0.4 is 5.19 Å². The van der Waals surface area contributed by atoms with E-state index in [0.29, 0.717) is 0 Å². The molecule has 0 aliphatic heterocycles. The van der Waals surface area contributed by atoms with E-state index in [4.69, 9.17) is 0 Å². The van der Waals surface area contributed by atoms with Crippen molar-refractivity contribution in [1.82, 2.24) is 0 Å². The van der Waals surface area contributed by atoms with Gasteiger partial charge in [-0.05, 0) is 44.6 Å². The average molecular weight is 326 g/mol. The first-order chi connectivity index (χ1) is 7.00. The highest BCUT2D eigenvalue weighted by Gasteiger charge is 2.21. The van der Waals surface area contributed by atoms with Crippen molar-refractivity contribution in [3.05, 3.63) is 40.0 Å². The van der Waals surface area contributed by atoms with Gasteiger partial charge < -0.3 is 0 Å². The fourth-order valence-electron chi connectivity index (χ4n) is 2.01. The van der Waals surface area contributed by atoms with Crippen molar-refractivity contribution in [2.75, 3.05) is 0 Å². The average Bonchev–Trinajstić information content (AvgIpc) is 2.15. The molecule has 15 heavy (non-hydrogen) atoms. The summed E-state index contributed by atoms with van der Waals surface area (Å²) in [5, 5.41) is 4.42. The van der Waals surface area contributed by atoms with Crippen LogP contribution in [0.4, 0.5) is 0 Å². The van der Waals surface area contributed by atoms with Crippen LogP contribution in [-0.2, 0) is 0 Å². The molecule has 0 saturated carbocycles. The smallest absolute Gasteiger partial charge is 0.0656 e. The largest absolute Gasteiger partial charge is 0.0798 e. The van der Waals surface area contributed by atoms with Crippen LogP contribution in [0.25, 0.3) is 10.8 Å². The lowest BCUT2D eigenvalue weighted by molar-refractivity contribution is 1.67. The number of hydrogen-bond acceptors (Lipinski definition) is 0. The van der Waals surface area contributed by atoms with Gasteiger partial charge >= 0.3 is 0 Å². The molecule has 0 unspecified atom stereocenters. The highest BCUT2D eigenvalue weighted by Crippen LogP contribution is 2.19. The van der Waals surface area contributed by atoms with Crippen molar-refractivity contribution in [2.24, 2.45) is 0 Å². The van der Waals surface area contributed by atoms with Gasteiger partial charge in [0.1, 0.15) is 0 Å². The van der Waals surface area contributed by atoms with E-state index in [0.717, 1.165) is 0 Å². The molecule has 0 N–H and O–H groups in total. The Morgan fingerprint density at radius 3 is 2.27 bits per heavy atom. The Balaban J connectivity index is 2.86. The van der Waals surface area contributed by atoms with Crippen molar-refractivity contribution in [3.8, 4) is 0 Å². The minimum absolute atomic E-state index is 1.25. The Labute approximate surface area is 106 Å². The van der Waals surface area contributed by atoms with Gasteiger partial charge in [0, 0.05) is 3.57 Å². The molecule has 0 aliphatic rings. The van der Waals surface area contributed by atoms with Crippen LogP contribution in [0.5, 0.6) is 0 Å². The monoisotopic (exact) mass is 326 g/mol. The fraction of sp³-hybridized carbons (Fsp3) is 0.231. The highest BCUT2D eigenvalue weighted by molar-refractivity contribution is 14.1. The van der Waals surface area contributed by atoms with Crippen LogP contribution in [0.3, 0.4) is 0 Å². The van der Waals surface area contributed by atoms with E-state index in [2.05, 4.69) is 78.6 Å². The van der Waals surface area contributed by atoms with Crippen molar-refractivity contribution in [3.63, 3.8) is 0 Å². The number of halogens is 1. The first kappa shape index (κ1) is 11.1. The van der Waals surface area contributed by atoms with E-state index in [-0.39, 0.29) is 0 Å². The molecule has 0 spiro atoms. The molecule has 0 fully saturated rings. The van der Waals surface area contributed by atoms with Crippen molar-refractivity contribution in [2.45, 2.75) is 19.6 Å². The zero-order chi connectivity index (χ0) is 11.1. The van der Waals surface area contributed by atoms with E-state index < -0.39 is 8.07 Å². The summed E-state index contributed by atoms with van der Waals surface area (Å²) in [7, 11) is -1.25. The molecule has 0 aliphatic carbocycles. The maximum Gasteiger partial charge on any atom is 0.0798 e. The number of rotatable bonds is 1. The van der Waals surface area contributed by atoms with Crippen LogP contribution >= 0.6 is 22.6 Å².